The molecule has 136 valence electrons. The van der Waals surface area contributed by atoms with E-state index in [1.165, 1.54) is 19.2 Å². The van der Waals surface area contributed by atoms with Gasteiger partial charge in [0.2, 0.25) is 0 Å². The molecule has 0 amide bonds. The van der Waals surface area contributed by atoms with Gasteiger partial charge in [0.15, 0.2) is 11.5 Å². The summed E-state index contributed by atoms with van der Waals surface area (Å²) in [4.78, 5) is 10.2. The second-order valence-corrected chi connectivity index (χ2v) is 5.24. The number of aliphatic hydroxyl groups is 1. The highest BCUT2D eigenvalue weighted by Gasteiger charge is 2.11. The number of nitrogens with zero attached hydrogens (tertiary/aromatic N) is 1. The number of rotatable bonds is 8. The van der Waals surface area contributed by atoms with Crippen LogP contribution in [0.1, 0.15) is 23.6 Å². The van der Waals surface area contributed by atoms with E-state index in [4.69, 9.17) is 20.3 Å². The Balaban J connectivity index is 0.00000312. The summed E-state index contributed by atoms with van der Waals surface area (Å²) >= 11 is 0. The number of nitrogens with two attached hydrogens (primary N) is 1. The molecule has 0 aliphatic carbocycles. The van der Waals surface area contributed by atoms with Gasteiger partial charge >= 0.3 is 0 Å². The number of benzene rings is 2. The van der Waals surface area contributed by atoms with Crippen LogP contribution in [-0.2, 0) is 6.61 Å². The highest BCUT2D eigenvalue weighted by atomic mass is 35.5. The molecule has 25 heavy (non-hydrogen) atoms. The van der Waals surface area contributed by atoms with Crippen LogP contribution in [0.2, 0.25) is 0 Å². The van der Waals surface area contributed by atoms with Crippen molar-refractivity contribution in [3.05, 3.63) is 63.7 Å². The Morgan fingerprint density at radius 2 is 1.88 bits per heavy atom. The summed E-state index contributed by atoms with van der Waals surface area (Å²) in [5, 5.41) is 19.6. The van der Waals surface area contributed by atoms with Crippen molar-refractivity contribution in [2.45, 2.75) is 19.1 Å². The molecule has 0 saturated carbocycles. The Morgan fingerprint density at radius 1 is 1.20 bits per heavy atom. The van der Waals surface area contributed by atoms with Crippen molar-refractivity contribution in [1.29, 1.82) is 0 Å². The average molecular weight is 369 g/mol. The molecule has 0 spiro atoms. The van der Waals surface area contributed by atoms with Gasteiger partial charge in [-0.05, 0) is 41.8 Å². The zero-order valence-electron chi connectivity index (χ0n) is 13.8. The quantitative estimate of drug-likeness (QED) is 0.547. The van der Waals surface area contributed by atoms with Crippen molar-refractivity contribution in [2.24, 2.45) is 5.73 Å². The Bertz CT molecular complexity index is 694. The van der Waals surface area contributed by atoms with Crippen molar-refractivity contribution in [3.63, 3.8) is 0 Å². The lowest BCUT2D eigenvalue weighted by molar-refractivity contribution is -0.384. The van der Waals surface area contributed by atoms with Gasteiger partial charge in [-0.2, -0.15) is 0 Å². The van der Waals surface area contributed by atoms with Crippen LogP contribution in [0, 0.1) is 10.1 Å². The van der Waals surface area contributed by atoms with Crippen molar-refractivity contribution >= 4 is 18.1 Å². The molecule has 0 saturated heterocycles. The molecular formula is C17H21ClN2O5. The fraction of sp³-hybridized carbons (Fsp3) is 0.294. The SMILES string of the molecule is COc1cc(C(N)CCO)ccc1OCc1ccc([N+](=O)[O-])cc1.Cl. The number of halogens is 1. The molecule has 0 heterocycles. The number of non-ortho nitro benzene ring substituents is 1. The molecule has 0 aromatic heterocycles. The van der Waals surface area contributed by atoms with Gasteiger partial charge in [-0.1, -0.05) is 6.07 Å². The van der Waals surface area contributed by atoms with Crippen LogP contribution < -0.4 is 15.2 Å². The predicted molar refractivity (Wildman–Crippen MR) is 96.3 cm³/mol. The largest absolute Gasteiger partial charge is 0.493 e. The number of hydrogen-bond acceptors (Lipinski definition) is 6. The van der Waals surface area contributed by atoms with E-state index in [0.29, 0.717) is 17.9 Å². The molecule has 0 radical (unpaired) electrons. The molecule has 0 fully saturated rings. The van der Waals surface area contributed by atoms with Crippen molar-refractivity contribution in [2.75, 3.05) is 13.7 Å². The van der Waals surface area contributed by atoms with E-state index in [0.717, 1.165) is 11.1 Å². The Morgan fingerprint density at radius 3 is 2.44 bits per heavy atom. The standard InChI is InChI=1S/C17H20N2O5.ClH/c1-23-17-10-13(15(18)8-9-20)4-7-16(17)24-11-12-2-5-14(6-3-12)19(21)22;/h2-7,10,15,20H,8-9,11,18H2,1H3;1H. The third-order valence-electron chi connectivity index (χ3n) is 3.60. The minimum atomic E-state index is -0.442. The predicted octanol–water partition coefficient (Wildman–Crippen LogP) is 2.99. The summed E-state index contributed by atoms with van der Waals surface area (Å²) in [5.74, 6) is 1.10. The number of aliphatic hydroxyl groups excluding tert-OH is 1. The van der Waals surface area contributed by atoms with Gasteiger partial charge in [-0.15, -0.1) is 12.4 Å². The first-order valence-corrected chi connectivity index (χ1v) is 7.45. The third kappa shape index (κ3) is 5.60. The zero-order chi connectivity index (χ0) is 17.5. The van der Waals surface area contributed by atoms with E-state index in [1.54, 1.807) is 24.3 Å². The van der Waals surface area contributed by atoms with Crippen LogP contribution in [0.5, 0.6) is 11.5 Å². The number of methoxy groups -OCH3 is 1. The first-order valence-electron chi connectivity index (χ1n) is 7.45. The second kappa shape index (κ2) is 9.83. The maximum atomic E-state index is 10.6. The first kappa shape index (κ1) is 20.7. The molecular weight excluding hydrogens is 348 g/mol. The van der Waals surface area contributed by atoms with E-state index < -0.39 is 4.92 Å². The summed E-state index contributed by atoms with van der Waals surface area (Å²) in [6.45, 7) is 0.276. The molecule has 0 bridgehead atoms. The lowest BCUT2D eigenvalue weighted by atomic mass is 10.0. The van der Waals surface area contributed by atoms with Gasteiger partial charge < -0.3 is 20.3 Å². The normalized spacial score (nSPS) is 11.3. The first-order chi connectivity index (χ1) is 11.5. The van der Waals surface area contributed by atoms with Gasteiger partial charge in [0.05, 0.1) is 12.0 Å². The van der Waals surface area contributed by atoms with Crippen LogP contribution in [-0.4, -0.2) is 23.7 Å². The fourth-order valence-electron chi connectivity index (χ4n) is 2.21. The fourth-order valence-corrected chi connectivity index (χ4v) is 2.21. The van der Waals surface area contributed by atoms with Gasteiger partial charge in [-0.25, -0.2) is 0 Å². The molecule has 2 aromatic carbocycles. The smallest absolute Gasteiger partial charge is 0.269 e. The van der Waals surface area contributed by atoms with E-state index in [2.05, 4.69) is 0 Å². The number of nitro benzene ring substituents is 1. The van der Waals surface area contributed by atoms with E-state index >= 15 is 0 Å². The van der Waals surface area contributed by atoms with Gasteiger partial charge in [0.1, 0.15) is 6.61 Å². The summed E-state index contributed by atoms with van der Waals surface area (Å²) in [7, 11) is 1.54. The van der Waals surface area contributed by atoms with Crippen molar-refractivity contribution < 1.29 is 19.5 Å². The molecule has 7 nitrogen and oxygen atoms in total. The molecule has 2 rings (SSSR count). The zero-order valence-corrected chi connectivity index (χ0v) is 14.6. The highest BCUT2D eigenvalue weighted by Crippen LogP contribution is 2.31. The monoisotopic (exact) mass is 368 g/mol. The highest BCUT2D eigenvalue weighted by molar-refractivity contribution is 5.85. The lowest BCUT2D eigenvalue weighted by Gasteiger charge is -2.15. The van der Waals surface area contributed by atoms with Crippen molar-refractivity contribution in [3.8, 4) is 11.5 Å². The second-order valence-electron chi connectivity index (χ2n) is 5.24. The molecule has 8 heteroatoms. The molecule has 0 aliphatic rings. The summed E-state index contributed by atoms with van der Waals surface area (Å²) in [6, 6.07) is 11.3. The molecule has 2 aromatic rings. The summed E-state index contributed by atoms with van der Waals surface area (Å²) in [6.07, 6.45) is 0.464. The van der Waals surface area contributed by atoms with E-state index in [-0.39, 0.29) is 37.4 Å². The number of nitro groups is 1. The average Bonchev–Trinajstić information content (AvgIpc) is 2.60. The molecule has 3 N–H and O–H groups in total. The topological polar surface area (TPSA) is 108 Å². The minimum absolute atomic E-state index is 0. The summed E-state index contributed by atoms with van der Waals surface area (Å²) < 4.78 is 11.0. The molecule has 1 unspecified atom stereocenters. The van der Waals surface area contributed by atoms with E-state index in [1.807, 2.05) is 6.07 Å². The third-order valence-corrected chi connectivity index (χ3v) is 3.60. The van der Waals surface area contributed by atoms with Gasteiger partial charge in [0.25, 0.3) is 5.69 Å². The van der Waals surface area contributed by atoms with Crippen LogP contribution in [0.25, 0.3) is 0 Å². The van der Waals surface area contributed by atoms with Crippen LogP contribution in [0.3, 0.4) is 0 Å². The molecule has 0 aliphatic heterocycles. The Hall–Kier alpha value is -2.35. The van der Waals surface area contributed by atoms with Crippen molar-refractivity contribution in [1.82, 2.24) is 0 Å². The minimum Gasteiger partial charge on any atom is -0.493 e. The Labute approximate surface area is 151 Å². The van der Waals surface area contributed by atoms with E-state index in [9.17, 15) is 10.1 Å². The lowest BCUT2D eigenvalue weighted by Crippen LogP contribution is -2.12. The van der Waals surface area contributed by atoms with Crippen LogP contribution in [0.15, 0.2) is 42.5 Å². The number of hydrogen-bond donors (Lipinski definition) is 2. The Kier molecular flexibility index (Phi) is 8.13. The van der Waals surface area contributed by atoms with Crippen LogP contribution >= 0.6 is 12.4 Å². The van der Waals surface area contributed by atoms with Gasteiger partial charge in [-0.3, -0.25) is 10.1 Å². The summed E-state index contributed by atoms with van der Waals surface area (Å²) in [5.41, 5.74) is 7.67. The maximum Gasteiger partial charge on any atom is 0.269 e. The number of ether oxygens (including phenoxy) is 2. The van der Waals surface area contributed by atoms with Crippen LogP contribution in [0.4, 0.5) is 5.69 Å². The van der Waals surface area contributed by atoms with Gasteiger partial charge in [0, 0.05) is 24.8 Å². The maximum absolute atomic E-state index is 10.6. The molecule has 1 atom stereocenters.